The largest absolute Gasteiger partial charge is 0.484 e. The number of halogens is 1. The summed E-state index contributed by atoms with van der Waals surface area (Å²) in [6.07, 6.45) is 6.71. The van der Waals surface area contributed by atoms with Crippen LogP contribution in [0.1, 0.15) is 25.7 Å². The molecule has 0 bridgehead atoms. The second-order valence-electron chi connectivity index (χ2n) is 5.93. The molecule has 1 amide bonds. The third-order valence-corrected chi connectivity index (χ3v) is 4.04. The lowest BCUT2D eigenvalue weighted by atomic mass is 9.93. The van der Waals surface area contributed by atoms with Gasteiger partial charge in [-0.3, -0.25) is 4.79 Å². The van der Waals surface area contributed by atoms with Gasteiger partial charge in [-0.15, -0.1) is 0 Å². The van der Waals surface area contributed by atoms with Crippen LogP contribution in [0.3, 0.4) is 0 Å². The normalized spacial score (nSPS) is 19.9. The molecule has 2 aromatic rings. The van der Waals surface area contributed by atoms with Gasteiger partial charge in [-0.1, -0.05) is 0 Å². The fraction of sp³-hybridized carbons (Fsp3) is 0.389. The maximum atomic E-state index is 12.8. The van der Waals surface area contributed by atoms with E-state index < -0.39 is 0 Å². The Balaban J connectivity index is 1.36. The molecule has 0 radical (unpaired) electrons. The van der Waals surface area contributed by atoms with E-state index >= 15 is 0 Å². The SMILES string of the molecule is O=C(COc1ccc(F)cc1)NC1CCC(Oc2ncccn2)CC1. The summed E-state index contributed by atoms with van der Waals surface area (Å²) in [5.74, 6) is -0.0479. The topological polar surface area (TPSA) is 73.3 Å². The number of aromatic nitrogens is 2. The molecule has 1 aromatic heterocycles. The van der Waals surface area contributed by atoms with Gasteiger partial charge in [-0.25, -0.2) is 14.4 Å². The number of rotatable bonds is 6. The number of nitrogens with zero attached hydrogens (tertiary/aromatic N) is 2. The lowest BCUT2D eigenvalue weighted by Gasteiger charge is -2.28. The van der Waals surface area contributed by atoms with Gasteiger partial charge < -0.3 is 14.8 Å². The van der Waals surface area contributed by atoms with Gasteiger partial charge in [0, 0.05) is 18.4 Å². The van der Waals surface area contributed by atoms with Gasteiger partial charge in [0.1, 0.15) is 17.7 Å². The van der Waals surface area contributed by atoms with Crippen molar-refractivity contribution in [2.75, 3.05) is 6.61 Å². The van der Waals surface area contributed by atoms with Crippen LogP contribution in [0.2, 0.25) is 0 Å². The Bertz CT molecular complexity index is 674. The predicted octanol–water partition coefficient (Wildman–Crippen LogP) is 2.50. The molecule has 1 aliphatic carbocycles. The zero-order valence-electron chi connectivity index (χ0n) is 13.7. The zero-order chi connectivity index (χ0) is 17.5. The minimum Gasteiger partial charge on any atom is -0.484 e. The molecule has 0 aliphatic heterocycles. The number of carbonyl (C=O) groups is 1. The van der Waals surface area contributed by atoms with Crippen molar-refractivity contribution in [2.24, 2.45) is 0 Å². The van der Waals surface area contributed by atoms with E-state index in [1.807, 2.05) is 0 Å². The first-order chi connectivity index (χ1) is 12.2. The van der Waals surface area contributed by atoms with E-state index in [4.69, 9.17) is 9.47 Å². The number of amides is 1. The number of nitrogens with one attached hydrogen (secondary N) is 1. The van der Waals surface area contributed by atoms with Crippen molar-refractivity contribution in [2.45, 2.75) is 37.8 Å². The third-order valence-electron chi connectivity index (χ3n) is 4.04. The van der Waals surface area contributed by atoms with Crippen molar-refractivity contribution in [3.63, 3.8) is 0 Å². The van der Waals surface area contributed by atoms with Crippen LogP contribution in [-0.2, 0) is 4.79 Å². The predicted molar refractivity (Wildman–Crippen MR) is 88.7 cm³/mol. The molecule has 1 fully saturated rings. The maximum absolute atomic E-state index is 12.8. The summed E-state index contributed by atoms with van der Waals surface area (Å²) in [5.41, 5.74) is 0. The fourth-order valence-corrected chi connectivity index (χ4v) is 2.77. The van der Waals surface area contributed by atoms with Crippen LogP contribution < -0.4 is 14.8 Å². The summed E-state index contributed by atoms with van der Waals surface area (Å²) >= 11 is 0. The third kappa shape index (κ3) is 5.41. The Morgan fingerprint density at radius 1 is 1.12 bits per heavy atom. The van der Waals surface area contributed by atoms with E-state index in [-0.39, 0.29) is 30.5 Å². The molecule has 0 atom stereocenters. The van der Waals surface area contributed by atoms with Crippen molar-refractivity contribution >= 4 is 5.91 Å². The Kier molecular flexibility index (Phi) is 5.77. The molecule has 6 nitrogen and oxygen atoms in total. The van der Waals surface area contributed by atoms with Gasteiger partial charge in [-0.2, -0.15) is 0 Å². The minimum absolute atomic E-state index is 0.0750. The Labute approximate surface area is 145 Å². The molecule has 0 spiro atoms. The first kappa shape index (κ1) is 17.1. The Morgan fingerprint density at radius 3 is 2.48 bits per heavy atom. The van der Waals surface area contributed by atoms with Gasteiger partial charge in [0.25, 0.3) is 5.91 Å². The van der Waals surface area contributed by atoms with E-state index in [1.165, 1.54) is 24.3 Å². The standard InChI is InChI=1S/C18H20FN3O3/c19-13-2-6-15(7-3-13)24-12-17(23)22-14-4-8-16(9-5-14)25-18-20-10-1-11-21-18/h1-3,6-7,10-11,14,16H,4-5,8-9,12H2,(H,22,23). The zero-order valence-corrected chi connectivity index (χ0v) is 13.7. The highest BCUT2D eigenvalue weighted by atomic mass is 19.1. The Hall–Kier alpha value is -2.70. The fourth-order valence-electron chi connectivity index (χ4n) is 2.77. The van der Waals surface area contributed by atoms with Crippen molar-refractivity contribution in [1.29, 1.82) is 0 Å². The average Bonchev–Trinajstić information content (AvgIpc) is 2.64. The molecule has 3 rings (SSSR count). The first-order valence-corrected chi connectivity index (χ1v) is 8.30. The number of benzene rings is 1. The molecule has 1 N–H and O–H groups in total. The highest BCUT2D eigenvalue weighted by Crippen LogP contribution is 2.22. The summed E-state index contributed by atoms with van der Waals surface area (Å²) in [6, 6.07) is 7.83. The highest BCUT2D eigenvalue weighted by molar-refractivity contribution is 5.77. The summed E-state index contributed by atoms with van der Waals surface area (Å²) in [5, 5.41) is 2.96. The van der Waals surface area contributed by atoms with Gasteiger partial charge >= 0.3 is 6.01 Å². The van der Waals surface area contributed by atoms with Crippen molar-refractivity contribution in [3.05, 3.63) is 48.5 Å². The van der Waals surface area contributed by atoms with Gasteiger partial charge in [0.15, 0.2) is 6.61 Å². The number of ether oxygens (including phenoxy) is 2. The number of carbonyl (C=O) groups excluding carboxylic acids is 1. The van der Waals surface area contributed by atoms with Gasteiger partial charge in [0.2, 0.25) is 0 Å². The molecule has 7 heteroatoms. The molecule has 132 valence electrons. The lowest BCUT2D eigenvalue weighted by molar-refractivity contribution is -0.124. The van der Waals surface area contributed by atoms with E-state index in [2.05, 4.69) is 15.3 Å². The van der Waals surface area contributed by atoms with Crippen molar-refractivity contribution in [1.82, 2.24) is 15.3 Å². The maximum Gasteiger partial charge on any atom is 0.316 e. The van der Waals surface area contributed by atoms with Crippen LogP contribution in [0.4, 0.5) is 4.39 Å². The molecule has 1 aliphatic rings. The van der Waals surface area contributed by atoms with E-state index in [9.17, 15) is 9.18 Å². The van der Waals surface area contributed by atoms with Crippen LogP contribution >= 0.6 is 0 Å². The summed E-state index contributed by atoms with van der Waals surface area (Å²) in [4.78, 5) is 20.1. The quantitative estimate of drug-likeness (QED) is 0.871. The molecular weight excluding hydrogens is 325 g/mol. The molecule has 1 heterocycles. The molecular formula is C18H20FN3O3. The second kappa shape index (κ2) is 8.41. The van der Waals surface area contributed by atoms with Crippen LogP contribution in [0, 0.1) is 5.82 Å². The molecule has 1 aromatic carbocycles. The van der Waals surface area contributed by atoms with Crippen molar-refractivity contribution < 1.29 is 18.7 Å². The molecule has 0 unspecified atom stereocenters. The lowest BCUT2D eigenvalue weighted by Crippen LogP contribution is -2.41. The van der Waals surface area contributed by atoms with Crippen LogP contribution in [0.15, 0.2) is 42.7 Å². The highest BCUT2D eigenvalue weighted by Gasteiger charge is 2.24. The summed E-state index contributed by atoms with van der Waals surface area (Å²) in [6.45, 7) is -0.0834. The summed E-state index contributed by atoms with van der Waals surface area (Å²) in [7, 11) is 0. The van der Waals surface area contributed by atoms with Crippen molar-refractivity contribution in [3.8, 4) is 11.8 Å². The van der Waals surface area contributed by atoms with Crippen LogP contribution in [-0.4, -0.2) is 34.6 Å². The van der Waals surface area contributed by atoms with Crippen LogP contribution in [0.5, 0.6) is 11.8 Å². The second-order valence-corrected chi connectivity index (χ2v) is 5.93. The number of hydrogen-bond donors (Lipinski definition) is 1. The van der Waals surface area contributed by atoms with E-state index in [0.717, 1.165) is 25.7 Å². The average molecular weight is 345 g/mol. The van der Waals surface area contributed by atoms with Crippen LogP contribution in [0.25, 0.3) is 0 Å². The summed E-state index contributed by atoms with van der Waals surface area (Å²) < 4.78 is 23.9. The molecule has 0 saturated heterocycles. The van der Waals surface area contributed by atoms with Gasteiger partial charge in [-0.05, 0) is 56.0 Å². The minimum atomic E-state index is -0.336. The monoisotopic (exact) mass is 345 g/mol. The molecule has 1 saturated carbocycles. The molecule has 25 heavy (non-hydrogen) atoms. The van der Waals surface area contributed by atoms with E-state index in [1.54, 1.807) is 18.5 Å². The number of hydrogen-bond acceptors (Lipinski definition) is 5. The van der Waals surface area contributed by atoms with E-state index in [0.29, 0.717) is 11.8 Å². The van der Waals surface area contributed by atoms with Gasteiger partial charge in [0.05, 0.1) is 0 Å². The smallest absolute Gasteiger partial charge is 0.316 e. The Morgan fingerprint density at radius 2 is 1.80 bits per heavy atom. The first-order valence-electron chi connectivity index (χ1n) is 8.30.